The van der Waals surface area contributed by atoms with Gasteiger partial charge in [-0.05, 0) is 6.92 Å². The SMILES string of the molecule is CCOCCNC(=NC)NCCNC(=O)C(C)(C)C.I. The van der Waals surface area contributed by atoms with Crippen molar-refractivity contribution in [3.63, 3.8) is 0 Å². The predicted molar refractivity (Wildman–Crippen MR) is 93.7 cm³/mol. The van der Waals surface area contributed by atoms with Crippen LogP contribution in [0.2, 0.25) is 0 Å². The van der Waals surface area contributed by atoms with Gasteiger partial charge in [0.1, 0.15) is 0 Å². The molecule has 0 saturated heterocycles. The second-order valence-electron chi connectivity index (χ2n) is 5.13. The number of rotatable bonds is 7. The Hall–Kier alpha value is -0.570. The number of carbonyl (C=O) groups excluding carboxylic acids is 1. The van der Waals surface area contributed by atoms with Gasteiger partial charge in [0.2, 0.25) is 5.91 Å². The highest BCUT2D eigenvalue weighted by Gasteiger charge is 2.20. The Kier molecular flexibility index (Phi) is 13.2. The first-order chi connectivity index (χ1) is 8.91. The van der Waals surface area contributed by atoms with Crippen molar-refractivity contribution in [3.8, 4) is 0 Å². The minimum atomic E-state index is -0.350. The minimum Gasteiger partial charge on any atom is -0.380 e. The fourth-order valence-corrected chi connectivity index (χ4v) is 1.23. The summed E-state index contributed by atoms with van der Waals surface area (Å²) in [7, 11) is 1.71. The first kappa shape index (κ1) is 21.7. The van der Waals surface area contributed by atoms with E-state index < -0.39 is 0 Å². The fourth-order valence-electron chi connectivity index (χ4n) is 1.23. The van der Waals surface area contributed by atoms with Crippen molar-refractivity contribution in [2.24, 2.45) is 10.4 Å². The number of hydrogen-bond acceptors (Lipinski definition) is 3. The molecule has 3 N–H and O–H groups in total. The Balaban J connectivity index is 0. The summed E-state index contributed by atoms with van der Waals surface area (Å²) in [5.74, 6) is 0.762. The average Bonchev–Trinajstić information content (AvgIpc) is 2.35. The van der Waals surface area contributed by atoms with Gasteiger partial charge in [0, 0.05) is 38.7 Å². The average molecular weight is 400 g/mol. The summed E-state index contributed by atoms with van der Waals surface area (Å²) in [5, 5.41) is 9.12. The number of hydrogen-bond donors (Lipinski definition) is 3. The van der Waals surface area contributed by atoms with E-state index >= 15 is 0 Å². The Morgan fingerprint density at radius 2 is 1.65 bits per heavy atom. The second-order valence-corrected chi connectivity index (χ2v) is 5.13. The predicted octanol–water partition coefficient (Wildman–Crippen LogP) is 0.968. The summed E-state index contributed by atoms with van der Waals surface area (Å²) in [6.07, 6.45) is 0. The molecule has 0 aromatic carbocycles. The zero-order valence-electron chi connectivity index (χ0n) is 13.2. The van der Waals surface area contributed by atoms with Crippen LogP contribution >= 0.6 is 24.0 Å². The molecular formula is C13H29IN4O2. The van der Waals surface area contributed by atoms with Crippen molar-refractivity contribution in [1.82, 2.24) is 16.0 Å². The maximum absolute atomic E-state index is 11.6. The number of ether oxygens (including phenoxy) is 1. The molecule has 0 aliphatic heterocycles. The molecule has 0 heterocycles. The van der Waals surface area contributed by atoms with E-state index in [1.807, 2.05) is 27.7 Å². The molecule has 0 radical (unpaired) electrons. The van der Waals surface area contributed by atoms with E-state index in [-0.39, 0.29) is 35.3 Å². The van der Waals surface area contributed by atoms with E-state index in [0.717, 1.165) is 0 Å². The Labute approximate surface area is 139 Å². The highest BCUT2D eigenvalue weighted by Crippen LogP contribution is 2.11. The number of nitrogens with one attached hydrogen (secondary N) is 3. The fraction of sp³-hybridized carbons (Fsp3) is 0.846. The molecule has 1 amide bonds. The zero-order valence-corrected chi connectivity index (χ0v) is 15.5. The number of halogens is 1. The van der Waals surface area contributed by atoms with Crippen molar-refractivity contribution >= 4 is 35.8 Å². The van der Waals surface area contributed by atoms with Crippen molar-refractivity contribution in [2.45, 2.75) is 27.7 Å². The Morgan fingerprint density at radius 3 is 2.15 bits per heavy atom. The summed E-state index contributed by atoms with van der Waals surface area (Å²) in [4.78, 5) is 15.7. The summed E-state index contributed by atoms with van der Waals surface area (Å²) in [6, 6.07) is 0. The van der Waals surface area contributed by atoms with Crippen molar-refractivity contribution in [3.05, 3.63) is 0 Å². The third kappa shape index (κ3) is 11.3. The third-order valence-electron chi connectivity index (χ3n) is 2.35. The molecule has 0 bridgehead atoms. The van der Waals surface area contributed by atoms with Crippen LogP contribution in [0.3, 0.4) is 0 Å². The van der Waals surface area contributed by atoms with Crippen molar-refractivity contribution in [2.75, 3.05) is 39.9 Å². The normalized spacial score (nSPS) is 11.6. The lowest BCUT2D eigenvalue weighted by Crippen LogP contribution is -2.44. The summed E-state index contributed by atoms with van der Waals surface area (Å²) in [6.45, 7) is 10.9. The van der Waals surface area contributed by atoms with Crippen LogP contribution in [0.4, 0.5) is 0 Å². The Morgan fingerprint density at radius 1 is 1.10 bits per heavy atom. The topological polar surface area (TPSA) is 74.8 Å². The van der Waals surface area contributed by atoms with Gasteiger partial charge in [-0.2, -0.15) is 0 Å². The van der Waals surface area contributed by atoms with Gasteiger partial charge in [-0.25, -0.2) is 0 Å². The maximum Gasteiger partial charge on any atom is 0.225 e. The molecule has 7 heteroatoms. The first-order valence-corrected chi connectivity index (χ1v) is 6.72. The summed E-state index contributed by atoms with van der Waals surface area (Å²) < 4.78 is 5.22. The van der Waals surface area contributed by atoms with Gasteiger partial charge in [-0.1, -0.05) is 20.8 Å². The molecule has 0 aliphatic carbocycles. The van der Waals surface area contributed by atoms with Crippen LogP contribution in [0.15, 0.2) is 4.99 Å². The summed E-state index contributed by atoms with van der Waals surface area (Å²) in [5.41, 5.74) is -0.350. The molecule has 0 aromatic heterocycles. The lowest BCUT2D eigenvalue weighted by molar-refractivity contribution is -0.128. The number of aliphatic imine (C=N–C) groups is 1. The van der Waals surface area contributed by atoms with E-state index in [2.05, 4.69) is 20.9 Å². The summed E-state index contributed by atoms with van der Waals surface area (Å²) >= 11 is 0. The molecule has 0 atom stereocenters. The number of amides is 1. The maximum atomic E-state index is 11.6. The number of carbonyl (C=O) groups is 1. The molecule has 0 fully saturated rings. The Bertz CT molecular complexity index is 291. The molecule has 0 aromatic rings. The quantitative estimate of drug-likeness (QED) is 0.258. The standard InChI is InChI=1S/C13H28N4O2.HI/c1-6-19-10-9-17-12(14-5)16-8-7-15-11(18)13(2,3)4;/h6-10H2,1-5H3,(H,15,18)(H2,14,16,17);1H. The van der Waals surface area contributed by atoms with Crippen LogP contribution in [-0.2, 0) is 9.53 Å². The van der Waals surface area contributed by atoms with Gasteiger partial charge in [-0.3, -0.25) is 9.79 Å². The third-order valence-corrected chi connectivity index (χ3v) is 2.35. The zero-order chi connectivity index (χ0) is 14.7. The van der Waals surface area contributed by atoms with E-state index in [4.69, 9.17) is 4.74 Å². The van der Waals surface area contributed by atoms with E-state index in [1.165, 1.54) is 0 Å². The molecule has 0 saturated carbocycles. The van der Waals surface area contributed by atoms with E-state index in [9.17, 15) is 4.79 Å². The molecule has 20 heavy (non-hydrogen) atoms. The largest absolute Gasteiger partial charge is 0.380 e. The van der Waals surface area contributed by atoms with Gasteiger partial charge in [0.15, 0.2) is 5.96 Å². The van der Waals surface area contributed by atoms with Crippen molar-refractivity contribution < 1.29 is 9.53 Å². The van der Waals surface area contributed by atoms with Gasteiger partial charge in [-0.15, -0.1) is 24.0 Å². The number of nitrogens with zero attached hydrogens (tertiary/aromatic N) is 1. The van der Waals surface area contributed by atoms with Gasteiger partial charge in [0.05, 0.1) is 6.61 Å². The second kappa shape index (κ2) is 12.2. The first-order valence-electron chi connectivity index (χ1n) is 6.72. The van der Waals surface area contributed by atoms with Crippen LogP contribution in [0.5, 0.6) is 0 Å². The molecule has 0 aliphatic rings. The minimum absolute atomic E-state index is 0. The van der Waals surface area contributed by atoms with Crippen LogP contribution in [0.1, 0.15) is 27.7 Å². The molecule has 120 valence electrons. The lowest BCUT2D eigenvalue weighted by atomic mass is 9.96. The molecule has 0 spiro atoms. The number of guanidine groups is 1. The van der Waals surface area contributed by atoms with Crippen LogP contribution in [-0.4, -0.2) is 51.8 Å². The highest BCUT2D eigenvalue weighted by atomic mass is 127. The van der Waals surface area contributed by atoms with Crippen LogP contribution in [0, 0.1) is 5.41 Å². The monoisotopic (exact) mass is 400 g/mol. The van der Waals surface area contributed by atoms with Crippen LogP contribution in [0.25, 0.3) is 0 Å². The molecule has 0 rings (SSSR count). The molecular weight excluding hydrogens is 371 g/mol. The van der Waals surface area contributed by atoms with E-state index in [1.54, 1.807) is 7.05 Å². The highest BCUT2D eigenvalue weighted by molar-refractivity contribution is 14.0. The lowest BCUT2D eigenvalue weighted by Gasteiger charge is -2.18. The molecule has 6 nitrogen and oxygen atoms in total. The van der Waals surface area contributed by atoms with E-state index in [0.29, 0.717) is 38.8 Å². The smallest absolute Gasteiger partial charge is 0.225 e. The van der Waals surface area contributed by atoms with Gasteiger partial charge >= 0.3 is 0 Å². The van der Waals surface area contributed by atoms with Gasteiger partial charge < -0.3 is 20.7 Å². The van der Waals surface area contributed by atoms with Crippen molar-refractivity contribution in [1.29, 1.82) is 0 Å². The molecule has 0 unspecified atom stereocenters. The van der Waals surface area contributed by atoms with Crippen LogP contribution < -0.4 is 16.0 Å². The van der Waals surface area contributed by atoms with Gasteiger partial charge in [0.25, 0.3) is 0 Å².